The van der Waals surface area contributed by atoms with Crippen molar-refractivity contribution in [2.75, 3.05) is 0 Å². The fourth-order valence-corrected chi connectivity index (χ4v) is 5.17. The molecule has 212 valence electrons. The molecule has 0 bridgehead atoms. The first-order chi connectivity index (χ1) is 17.5. The molecule has 0 fully saturated rings. The van der Waals surface area contributed by atoms with Gasteiger partial charge in [-0.1, -0.05) is 122 Å². The Balaban J connectivity index is 4.73. The van der Waals surface area contributed by atoms with E-state index in [-0.39, 0.29) is 0 Å². The summed E-state index contributed by atoms with van der Waals surface area (Å²) < 4.78 is 0. The molecule has 0 aliphatic heterocycles. The van der Waals surface area contributed by atoms with Crippen LogP contribution in [0.1, 0.15) is 174 Å². The van der Waals surface area contributed by atoms with Crippen molar-refractivity contribution < 1.29 is 19.8 Å². The molecule has 2 N–H and O–H groups in total. The van der Waals surface area contributed by atoms with Crippen molar-refractivity contribution in [2.45, 2.75) is 174 Å². The van der Waals surface area contributed by atoms with Gasteiger partial charge in [0.2, 0.25) is 0 Å². The molecule has 4 heteroatoms. The summed E-state index contributed by atoms with van der Waals surface area (Å²) in [4.78, 5) is 21.4. The lowest BCUT2D eigenvalue weighted by Crippen LogP contribution is -2.06. The zero-order valence-corrected chi connectivity index (χ0v) is 24.0. The number of hydrogen-bond donors (Lipinski definition) is 2. The summed E-state index contributed by atoms with van der Waals surface area (Å²) >= 11 is 0. The molecule has 4 nitrogen and oxygen atoms in total. The molecule has 0 rings (SSSR count). The Morgan fingerprint density at radius 1 is 0.528 bits per heavy atom. The SMILES string of the molecule is CCCCCCCCC=C(CCCCCCCC(=O)O)C(CCCCC)CCCCCCCC(=O)O. The lowest BCUT2D eigenvalue weighted by molar-refractivity contribution is -0.138. The summed E-state index contributed by atoms with van der Waals surface area (Å²) in [5.41, 5.74) is 1.70. The van der Waals surface area contributed by atoms with E-state index in [2.05, 4.69) is 19.9 Å². The van der Waals surface area contributed by atoms with Crippen LogP contribution in [0.2, 0.25) is 0 Å². The molecule has 0 amide bonds. The van der Waals surface area contributed by atoms with Gasteiger partial charge in [-0.05, 0) is 57.3 Å². The summed E-state index contributed by atoms with van der Waals surface area (Å²) in [5, 5.41) is 17.6. The highest BCUT2D eigenvalue weighted by atomic mass is 16.4. The summed E-state index contributed by atoms with van der Waals surface area (Å²) in [6, 6.07) is 0. The minimum Gasteiger partial charge on any atom is -0.481 e. The number of unbranched alkanes of at least 4 members (excludes halogenated alkanes) is 16. The van der Waals surface area contributed by atoms with E-state index in [0.29, 0.717) is 18.8 Å². The second kappa shape index (κ2) is 26.7. The Kier molecular flexibility index (Phi) is 25.8. The highest BCUT2D eigenvalue weighted by molar-refractivity contribution is 5.66. The van der Waals surface area contributed by atoms with Crippen molar-refractivity contribution in [2.24, 2.45) is 5.92 Å². The van der Waals surface area contributed by atoms with Crippen LogP contribution in [0.15, 0.2) is 11.6 Å². The van der Waals surface area contributed by atoms with Crippen LogP contribution >= 0.6 is 0 Å². The van der Waals surface area contributed by atoms with Crippen molar-refractivity contribution in [1.29, 1.82) is 0 Å². The van der Waals surface area contributed by atoms with Crippen LogP contribution in [0.25, 0.3) is 0 Å². The predicted molar refractivity (Wildman–Crippen MR) is 154 cm³/mol. The number of rotatable bonds is 28. The second-order valence-corrected chi connectivity index (χ2v) is 10.9. The van der Waals surface area contributed by atoms with Gasteiger partial charge in [0, 0.05) is 12.8 Å². The van der Waals surface area contributed by atoms with Crippen molar-refractivity contribution in [3.05, 3.63) is 11.6 Å². The van der Waals surface area contributed by atoms with E-state index in [1.807, 2.05) is 0 Å². The van der Waals surface area contributed by atoms with Gasteiger partial charge in [-0.15, -0.1) is 0 Å². The summed E-state index contributed by atoms with van der Waals surface area (Å²) in [6.45, 7) is 4.56. The van der Waals surface area contributed by atoms with Crippen LogP contribution in [0.4, 0.5) is 0 Å². The lowest BCUT2D eigenvalue weighted by atomic mass is 9.84. The average molecular weight is 509 g/mol. The highest BCUT2D eigenvalue weighted by Crippen LogP contribution is 2.30. The maximum atomic E-state index is 10.7. The van der Waals surface area contributed by atoms with Gasteiger partial charge in [-0.2, -0.15) is 0 Å². The van der Waals surface area contributed by atoms with E-state index in [4.69, 9.17) is 10.2 Å². The third-order valence-corrected chi connectivity index (χ3v) is 7.44. The maximum absolute atomic E-state index is 10.7. The number of carboxylic acids is 2. The van der Waals surface area contributed by atoms with Crippen LogP contribution in [-0.2, 0) is 9.59 Å². The quantitative estimate of drug-likeness (QED) is 0.0814. The molecule has 0 heterocycles. The van der Waals surface area contributed by atoms with Crippen LogP contribution in [0.3, 0.4) is 0 Å². The van der Waals surface area contributed by atoms with Crippen molar-refractivity contribution in [1.82, 2.24) is 0 Å². The van der Waals surface area contributed by atoms with Crippen molar-refractivity contribution >= 4 is 11.9 Å². The Hall–Kier alpha value is -1.32. The van der Waals surface area contributed by atoms with Gasteiger partial charge in [0.25, 0.3) is 0 Å². The number of hydrogen-bond acceptors (Lipinski definition) is 2. The molecule has 1 unspecified atom stereocenters. The van der Waals surface area contributed by atoms with Crippen LogP contribution in [-0.4, -0.2) is 22.2 Å². The molecule has 0 aromatic rings. The first kappa shape index (κ1) is 34.7. The molecule has 0 aromatic heterocycles. The molecule has 0 spiro atoms. The molecule has 0 aliphatic carbocycles. The maximum Gasteiger partial charge on any atom is 0.303 e. The summed E-state index contributed by atoms with van der Waals surface area (Å²) in [6.07, 6.45) is 31.1. The molecule has 0 aromatic carbocycles. The molecule has 36 heavy (non-hydrogen) atoms. The highest BCUT2D eigenvalue weighted by Gasteiger charge is 2.14. The second-order valence-electron chi connectivity index (χ2n) is 10.9. The number of carboxylic acid groups (broad SMARTS) is 2. The van der Waals surface area contributed by atoms with Crippen LogP contribution in [0.5, 0.6) is 0 Å². The third-order valence-electron chi connectivity index (χ3n) is 7.44. The van der Waals surface area contributed by atoms with Gasteiger partial charge in [-0.25, -0.2) is 0 Å². The minimum absolute atomic E-state index is 0.305. The van der Waals surface area contributed by atoms with E-state index in [9.17, 15) is 9.59 Å². The van der Waals surface area contributed by atoms with Gasteiger partial charge in [-0.3, -0.25) is 9.59 Å². The minimum atomic E-state index is -0.674. The summed E-state index contributed by atoms with van der Waals surface area (Å²) in [7, 11) is 0. The zero-order valence-electron chi connectivity index (χ0n) is 24.0. The molecule has 0 saturated carbocycles. The third kappa shape index (κ3) is 24.4. The van der Waals surface area contributed by atoms with E-state index < -0.39 is 11.9 Å². The molecular formula is C32H60O4. The molecular weight excluding hydrogens is 448 g/mol. The first-order valence-electron chi connectivity index (χ1n) is 15.6. The van der Waals surface area contributed by atoms with E-state index >= 15 is 0 Å². The molecule has 0 aliphatic rings. The van der Waals surface area contributed by atoms with Gasteiger partial charge < -0.3 is 10.2 Å². The Labute approximate surface area is 223 Å². The normalized spacial score (nSPS) is 12.7. The van der Waals surface area contributed by atoms with Gasteiger partial charge >= 0.3 is 11.9 Å². The first-order valence-corrected chi connectivity index (χ1v) is 15.6. The van der Waals surface area contributed by atoms with Crippen LogP contribution in [0, 0.1) is 5.92 Å². The smallest absolute Gasteiger partial charge is 0.303 e. The molecule has 0 saturated heterocycles. The Bertz CT molecular complexity index is 540. The van der Waals surface area contributed by atoms with E-state index in [0.717, 1.165) is 38.5 Å². The lowest BCUT2D eigenvalue weighted by Gasteiger charge is -2.22. The Morgan fingerprint density at radius 3 is 1.44 bits per heavy atom. The van der Waals surface area contributed by atoms with E-state index in [1.54, 1.807) is 5.57 Å². The predicted octanol–water partition coefficient (Wildman–Crippen LogP) is 10.5. The van der Waals surface area contributed by atoms with Crippen molar-refractivity contribution in [3.63, 3.8) is 0 Å². The van der Waals surface area contributed by atoms with Gasteiger partial charge in [0.05, 0.1) is 0 Å². The Morgan fingerprint density at radius 2 is 0.917 bits per heavy atom. The van der Waals surface area contributed by atoms with Crippen molar-refractivity contribution in [3.8, 4) is 0 Å². The summed E-state index contributed by atoms with van der Waals surface area (Å²) in [5.74, 6) is -0.637. The number of allylic oxidation sites excluding steroid dienone is 2. The fourth-order valence-electron chi connectivity index (χ4n) is 5.17. The average Bonchev–Trinajstić information content (AvgIpc) is 2.84. The standard InChI is InChI=1S/C32H60O4/c1-3-5-7-8-9-12-18-25-30(26-20-14-11-16-22-28-32(35)36)29(23-17-6-4-2)24-19-13-10-15-21-27-31(33)34/h25,29H,3-24,26-28H2,1-2H3,(H,33,34)(H,35,36). The number of carbonyl (C=O) groups is 2. The monoisotopic (exact) mass is 508 g/mol. The zero-order chi connectivity index (χ0) is 26.7. The van der Waals surface area contributed by atoms with E-state index in [1.165, 1.54) is 109 Å². The van der Waals surface area contributed by atoms with Gasteiger partial charge in [0.1, 0.15) is 0 Å². The molecule has 1 atom stereocenters. The fraction of sp³-hybridized carbons (Fsp3) is 0.875. The topological polar surface area (TPSA) is 74.6 Å². The van der Waals surface area contributed by atoms with Crippen LogP contribution < -0.4 is 0 Å². The largest absolute Gasteiger partial charge is 0.481 e. The van der Waals surface area contributed by atoms with Gasteiger partial charge in [0.15, 0.2) is 0 Å². The molecule has 0 radical (unpaired) electrons. The number of aliphatic carboxylic acids is 2.